The maximum absolute atomic E-state index is 12.6. The lowest BCUT2D eigenvalue weighted by Gasteiger charge is -2.34. The molecule has 2 fully saturated rings. The van der Waals surface area contributed by atoms with Crippen LogP contribution < -0.4 is 5.32 Å². The van der Waals surface area contributed by atoms with Gasteiger partial charge in [-0.15, -0.1) is 0 Å². The van der Waals surface area contributed by atoms with Crippen LogP contribution in [0.5, 0.6) is 0 Å². The van der Waals surface area contributed by atoms with Crippen molar-refractivity contribution in [1.29, 1.82) is 0 Å². The first-order valence-electron chi connectivity index (χ1n) is 7.38. The van der Waals surface area contributed by atoms with Crippen LogP contribution >= 0.6 is 0 Å². The van der Waals surface area contributed by atoms with Crippen molar-refractivity contribution in [2.75, 3.05) is 0 Å². The van der Waals surface area contributed by atoms with E-state index in [0.717, 1.165) is 18.4 Å². The first-order valence-corrected chi connectivity index (χ1v) is 7.38. The van der Waals surface area contributed by atoms with Gasteiger partial charge in [0.2, 0.25) is 0 Å². The molecule has 0 radical (unpaired) electrons. The van der Waals surface area contributed by atoms with E-state index in [2.05, 4.69) is 5.32 Å². The molecular formula is C16H18N2O2. The van der Waals surface area contributed by atoms with E-state index in [0.29, 0.717) is 23.2 Å². The molecule has 0 spiro atoms. The molecule has 3 aliphatic heterocycles. The second-order valence-electron chi connectivity index (χ2n) is 6.29. The molecular weight excluding hydrogens is 252 g/mol. The summed E-state index contributed by atoms with van der Waals surface area (Å²) >= 11 is 0. The van der Waals surface area contributed by atoms with E-state index in [9.17, 15) is 9.59 Å². The number of rotatable bonds is 1. The molecule has 4 heteroatoms. The van der Waals surface area contributed by atoms with Gasteiger partial charge in [0.25, 0.3) is 11.8 Å². The minimum atomic E-state index is -0.101. The van der Waals surface area contributed by atoms with Gasteiger partial charge in [-0.2, -0.15) is 0 Å². The molecule has 2 amide bonds. The van der Waals surface area contributed by atoms with Crippen molar-refractivity contribution in [2.45, 2.75) is 50.7 Å². The van der Waals surface area contributed by atoms with Crippen LogP contribution in [0.15, 0.2) is 18.2 Å². The highest BCUT2D eigenvalue weighted by Gasteiger charge is 2.44. The summed E-state index contributed by atoms with van der Waals surface area (Å²) in [6, 6.07) is 6.56. The maximum atomic E-state index is 12.6. The monoisotopic (exact) mass is 270 g/mol. The summed E-state index contributed by atoms with van der Waals surface area (Å²) in [5.41, 5.74) is 2.18. The summed E-state index contributed by atoms with van der Waals surface area (Å²) in [5, 5.41) is 3.55. The Morgan fingerprint density at radius 2 is 1.70 bits per heavy atom. The Morgan fingerprint density at radius 3 is 2.40 bits per heavy atom. The molecule has 4 rings (SSSR count). The standard InChI is InChI=1S/C16H18N2O2/c1-9-2-5-13-14(6-9)16(20)18(15(13)19)12-7-10-3-4-11(8-12)17-10/h2,5-6,10-12,17H,3-4,7-8H2,1H3. The van der Waals surface area contributed by atoms with Crippen LogP contribution in [0, 0.1) is 6.92 Å². The van der Waals surface area contributed by atoms with Crippen LogP contribution in [0.4, 0.5) is 0 Å². The van der Waals surface area contributed by atoms with E-state index in [-0.39, 0.29) is 17.9 Å². The molecule has 2 saturated heterocycles. The third-order valence-electron chi connectivity index (χ3n) is 4.89. The molecule has 104 valence electrons. The average Bonchev–Trinajstić information content (AvgIpc) is 2.88. The van der Waals surface area contributed by atoms with Gasteiger partial charge in [0, 0.05) is 18.1 Å². The third-order valence-corrected chi connectivity index (χ3v) is 4.89. The summed E-state index contributed by atoms with van der Waals surface area (Å²) in [5.74, 6) is -0.198. The van der Waals surface area contributed by atoms with E-state index in [1.165, 1.54) is 17.7 Å². The number of carbonyl (C=O) groups is 2. The third kappa shape index (κ3) is 1.64. The van der Waals surface area contributed by atoms with Gasteiger partial charge >= 0.3 is 0 Å². The zero-order valence-corrected chi connectivity index (χ0v) is 11.6. The molecule has 3 heterocycles. The van der Waals surface area contributed by atoms with Gasteiger partial charge in [-0.25, -0.2) is 0 Å². The molecule has 20 heavy (non-hydrogen) atoms. The van der Waals surface area contributed by atoms with E-state index < -0.39 is 0 Å². The normalized spacial score (nSPS) is 31.9. The molecule has 4 nitrogen and oxygen atoms in total. The summed E-state index contributed by atoms with van der Waals surface area (Å²) in [7, 11) is 0. The van der Waals surface area contributed by atoms with Crippen molar-refractivity contribution in [2.24, 2.45) is 0 Å². The van der Waals surface area contributed by atoms with Gasteiger partial charge < -0.3 is 5.32 Å². The minimum absolute atomic E-state index is 0.0708. The summed E-state index contributed by atoms with van der Waals surface area (Å²) < 4.78 is 0. The van der Waals surface area contributed by atoms with Gasteiger partial charge in [0.1, 0.15) is 0 Å². The number of hydrogen-bond donors (Lipinski definition) is 1. The van der Waals surface area contributed by atoms with Gasteiger partial charge in [0.05, 0.1) is 11.1 Å². The van der Waals surface area contributed by atoms with Crippen LogP contribution in [-0.2, 0) is 0 Å². The number of aryl methyl sites for hydroxylation is 1. The predicted molar refractivity (Wildman–Crippen MR) is 74.6 cm³/mol. The van der Waals surface area contributed by atoms with Crippen molar-refractivity contribution < 1.29 is 9.59 Å². The number of nitrogens with zero attached hydrogens (tertiary/aromatic N) is 1. The summed E-state index contributed by atoms with van der Waals surface area (Å²) in [6.07, 6.45) is 4.15. The molecule has 2 bridgehead atoms. The highest BCUT2D eigenvalue weighted by molar-refractivity contribution is 6.21. The fourth-order valence-electron chi connectivity index (χ4n) is 3.94. The number of carbonyl (C=O) groups excluding carboxylic acids is 2. The number of piperidine rings is 1. The number of imide groups is 1. The number of nitrogens with one attached hydrogen (secondary N) is 1. The fourth-order valence-corrected chi connectivity index (χ4v) is 3.94. The summed E-state index contributed by atoms with van der Waals surface area (Å²) in [4.78, 5) is 26.6. The Balaban J connectivity index is 1.68. The molecule has 0 saturated carbocycles. The van der Waals surface area contributed by atoms with Crippen molar-refractivity contribution in [3.63, 3.8) is 0 Å². The molecule has 1 aromatic rings. The van der Waals surface area contributed by atoms with Crippen molar-refractivity contribution >= 4 is 11.8 Å². The fraction of sp³-hybridized carbons (Fsp3) is 0.500. The molecule has 0 aliphatic carbocycles. The second kappa shape index (κ2) is 4.16. The molecule has 1 N–H and O–H groups in total. The number of fused-ring (bicyclic) bond motifs is 3. The van der Waals surface area contributed by atoms with Crippen LogP contribution in [-0.4, -0.2) is 34.8 Å². The largest absolute Gasteiger partial charge is 0.311 e. The number of hydrogen-bond acceptors (Lipinski definition) is 3. The minimum Gasteiger partial charge on any atom is -0.311 e. The molecule has 1 aromatic carbocycles. The van der Waals surface area contributed by atoms with Gasteiger partial charge in [-0.05, 0) is 44.7 Å². The van der Waals surface area contributed by atoms with E-state index in [1.807, 2.05) is 19.1 Å². The predicted octanol–water partition coefficient (Wildman–Crippen LogP) is 1.87. The lowest BCUT2D eigenvalue weighted by molar-refractivity contribution is 0.0536. The van der Waals surface area contributed by atoms with Crippen LogP contribution in [0.2, 0.25) is 0 Å². The molecule has 2 atom stereocenters. The lowest BCUT2D eigenvalue weighted by atomic mass is 9.98. The van der Waals surface area contributed by atoms with Crippen LogP contribution in [0.3, 0.4) is 0 Å². The molecule has 0 aromatic heterocycles. The van der Waals surface area contributed by atoms with E-state index in [1.54, 1.807) is 6.07 Å². The Morgan fingerprint density at radius 1 is 1.05 bits per heavy atom. The average molecular weight is 270 g/mol. The number of benzene rings is 1. The first kappa shape index (κ1) is 12.1. The topological polar surface area (TPSA) is 49.4 Å². The number of amides is 2. The smallest absolute Gasteiger partial charge is 0.261 e. The lowest BCUT2D eigenvalue weighted by Crippen LogP contribution is -2.50. The molecule has 3 aliphatic rings. The zero-order chi connectivity index (χ0) is 13.9. The molecule has 2 unspecified atom stereocenters. The Kier molecular flexibility index (Phi) is 2.51. The second-order valence-corrected chi connectivity index (χ2v) is 6.29. The van der Waals surface area contributed by atoms with Crippen molar-refractivity contribution in [3.8, 4) is 0 Å². The van der Waals surface area contributed by atoms with Crippen LogP contribution in [0.1, 0.15) is 52.0 Å². The quantitative estimate of drug-likeness (QED) is 0.793. The summed E-state index contributed by atoms with van der Waals surface area (Å²) in [6.45, 7) is 1.95. The SMILES string of the molecule is Cc1ccc2c(c1)C(=O)N(C1CC3CCC(C1)N3)C2=O. The first-order chi connectivity index (χ1) is 9.63. The van der Waals surface area contributed by atoms with E-state index >= 15 is 0 Å². The van der Waals surface area contributed by atoms with Crippen LogP contribution in [0.25, 0.3) is 0 Å². The Labute approximate surface area is 118 Å². The maximum Gasteiger partial charge on any atom is 0.261 e. The zero-order valence-electron chi connectivity index (χ0n) is 11.6. The van der Waals surface area contributed by atoms with E-state index in [4.69, 9.17) is 0 Å². The van der Waals surface area contributed by atoms with Gasteiger partial charge in [-0.1, -0.05) is 11.6 Å². The Bertz CT molecular complexity index is 598. The van der Waals surface area contributed by atoms with Gasteiger partial charge in [-0.3, -0.25) is 14.5 Å². The highest BCUT2D eigenvalue weighted by Crippen LogP contribution is 2.34. The highest BCUT2D eigenvalue weighted by atomic mass is 16.2. The van der Waals surface area contributed by atoms with Gasteiger partial charge in [0.15, 0.2) is 0 Å². The van der Waals surface area contributed by atoms with Crippen molar-refractivity contribution in [3.05, 3.63) is 34.9 Å². The Hall–Kier alpha value is -1.68. The van der Waals surface area contributed by atoms with Crippen molar-refractivity contribution in [1.82, 2.24) is 10.2 Å².